The van der Waals surface area contributed by atoms with Gasteiger partial charge < -0.3 is 19.4 Å². The number of amides is 1. The molecular formula is C22H26N4O3S. The summed E-state index contributed by atoms with van der Waals surface area (Å²) in [6.07, 6.45) is 7.89. The second kappa shape index (κ2) is 9.06. The lowest BCUT2D eigenvalue weighted by atomic mass is 10.0. The second-order valence-corrected chi connectivity index (χ2v) is 8.35. The van der Waals surface area contributed by atoms with Crippen LogP contribution in [-0.4, -0.2) is 46.5 Å². The van der Waals surface area contributed by atoms with Crippen molar-refractivity contribution in [2.24, 2.45) is 13.0 Å². The topological polar surface area (TPSA) is 78.3 Å². The minimum Gasteiger partial charge on any atom is -0.493 e. The highest BCUT2D eigenvalue weighted by Gasteiger charge is 2.17. The Labute approximate surface area is 180 Å². The first kappa shape index (κ1) is 20.7. The van der Waals surface area contributed by atoms with E-state index in [0.29, 0.717) is 18.3 Å². The quantitative estimate of drug-likeness (QED) is 0.598. The zero-order valence-electron chi connectivity index (χ0n) is 17.5. The number of fused-ring (bicyclic) bond motifs is 1. The molecule has 1 saturated heterocycles. The molecule has 0 aliphatic carbocycles. The van der Waals surface area contributed by atoms with Gasteiger partial charge in [0.05, 0.1) is 24.0 Å². The van der Waals surface area contributed by atoms with Gasteiger partial charge in [0.2, 0.25) is 5.91 Å². The zero-order chi connectivity index (χ0) is 21.1. The normalized spacial score (nSPS) is 14.8. The maximum Gasteiger partial charge on any atom is 0.222 e. The van der Waals surface area contributed by atoms with Gasteiger partial charge in [-0.2, -0.15) is 0 Å². The van der Waals surface area contributed by atoms with E-state index in [4.69, 9.17) is 14.5 Å². The van der Waals surface area contributed by atoms with Crippen LogP contribution in [0.15, 0.2) is 35.6 Å². The molecule has 158 valence electrons. The summed E-state index contributed by atoms with van der Waals surface area (Å²) in [7, 11) is 1.98. The molecule has 4 heterocycles. The lowest BCUT2D eigenvalue weighted by Crippen LogP contribution is -2.21. The molecule has 7 nitrogen and oxygen atoms in total. The molecule has 1 fully saturated rings. The van der Waals surface area contributed by atoms with E-state index in [2.05, 4.69) is 10.3 Å². The third-order valence-electron chi connectivity index (χ3n) is 5.27. The summed E-state index contributed by atoms with van der Waals surface area (Å²) in [5, 5.41) is 4.65. The number of hydrogen-bond donors (Lipinski definition) is 1. The molecule has 1 N–H and O–H groups in total. The van der Waals surface area contributed by atoms with Crippen LogP contribution in [0.4, 0.5) is 5.82 Å². The Bertz CT molecular complexity index is 1060. The average Bonchev–Trinajstić information content (AvgIpc) is 3.08. The number of anilines is 1. The lowest BCUT2D eigenvalue weighted by molar-refractivity contribution is -0.114. The van der Waals surface area contributed by atoms with Crippen molar-refractivity contribution in [2.45, 2.75) is 24.8 Å². The Kier molecular flexibility index (Phi) is 6.24. The Morgan fingerprint density at radius 2 is 2.13 bits per heavy atom. The molecule has 30 heavy (non-hydrogen) atoms. The molecule has 1 aliphatic heterocycles. The fourth-order valence-corrected chi connectivity index (χ4v) is 4.09. The number of nitrogens with one attached hydrogen (secondary N) is 1. The van der Waals surface area contributed by atoms with Gasteiger partial charge in [-0.3, -0.25) is 4.79 Å². The first-order chi connectivity index (χ1) is 14.5. The van der Waals surface area contributed by atoms with Crippen molar-refractivity contribution in [1.82, 2.24) is 14.5 Å². The lowest BCUT2D eigenvalue weighted by Gasteiger charge is -2.22. The maximum absolute atomic E-state index is 11.4. The summed E-state index contributed by atoms with van der Waals surface area (Å²) in [4.78, 5) is 20.6. The highest BCUT2D eigenvalue weighted by molar-refractivity contribution is 7.98. The molecule has 0 atom stereocenters. The van der Waals surface area contributed by atoms with Gasteiger partial charge in [-0.05, 0) is 31.1 Å². The Balaban J connectivity index is 1.68. The number of ether oxygens (including phenoxy) is 2. The number of hydrogen-bond acceptors (Lipinski definition) is 6. The predicted octanol–water partition coefficient (Wildman–Crippen LogP) is 4.12. The molecule has 3 aromatic heterocycles. The van der Waals surface area contributed by atoms with Gasteiger partial charge in [-0.15, -0.1) is 11.8 Å². The second-order valence-electron chi connectivity index (χ2n) is 7.52. The SMILES string of the molecule is CSc1cc(OCC2CCOCC2)cc(-c2cn(C)c3cnc(NC(C)=O)cc23)n1. The van der Waals surface area contributed by atoms with Crippen molar-refractivity contribution >= 4 is 34.4 Å². The molecule has 1 amide bonds. The van der Waals surface area contributed by atoms with E-state index in [1.807, 2.05) is 42.3 Å². The van der Waals surface area contributed by atoms with Crippen LogP contribution in [0.1, 0.15) is 19.8 Å². The van der Waals surface area contributed by atoms with Gasteiger partial charge in [-0.1, -0.05) is 0 Å². The van der Waals surface area contributed by atoms with Gasteiger partial charge in [0.1, 0.15) is 16.6 Å². The van der Waals surface area contributed by atoms with Crippen molar-refractivity contribution in [3.8, 4) is 17.0 Å². The molecule has 1 aliphatic rings. The highest BCUT2D eigenvalue weighted by atomic mass is 32.2. The fraction of sp³-hybridized carbons (Fsp3) is 0.409. The molecule has 0 saturated carbocycles. The molecule has 0 aromatic carbocycles. The Morgan fingerprint density at radius 3 is 2.87 bits per heavy atom. The van der Waals surface area contributed by atoms with Crippen LogP contribution in [0.3, 0.4) is 0 Å². The van der Waals surface area contributed by atoms with Crippen LogP contribution < -0.4 is 10.1 Å². The van der Waals surface area contributed by atoms with E-state index in [1.54, 1.807) is 18.0 Å². The van der Waals surface area contributed by atoms with Crippen LogP contribution in [0.5, 0.6) is 5.75 Å². The van der Waals surface area contributed by atoms with E-state index in [9.17, 15) is 4.79 Å². The number of aryl methyl sites for hydroxylation is 1. The van der Waals surface area contributed by atoms with Gasteiger partial charge >= 0.3 is 0 Å². The molecule has 0 radical (unpaired) electrons. The predicted molar refractivity (Wildman–Crippen MR) is 119 cm³/mol. The molecule has 4 rings (SSSR count). The van der Waals surface area contributed by atoms with E-state index in [0.717, 1.165) is 59.0 Å². The van der Waals surface area contributed by atoms with Crippen molar-refractivity contribution in [1.29, 1.82) is 0 Å². The summed E-state index contributed by atoms with van der Waals surface area (Å²) in [5.41, 5.74) is 2.79. The minimum absolute atomic E-state index is 0.148. The highest BCUT2D eigenvalue weighted by Crippen LogP contribution is 2.34. The molecule has 0 unspecified atom stereocenters. The van der Waals surface area contributed by atoms with Crippen LogP contribution in [0.2, 0.25) is 0 Å². The Morgan fingerprint density at radius 1 is 1.33 bits per heavy atom. The molecule has 3 aromatic rings. The smallest absolute Gasteiger partial charge is 0.222 e. The molecule has 0 spiro atoms. The number of carbonyl (C=O) groups is 1. The van der Waals surface area contributed by atoms with Crippen LogP contribution in [-0.2, 0) is 16.6 Å². The monoisotopic (exact) mass is 426 g/mol. The number of pyridine rings is 2. The first-order valence-corrected chi connectivity index (χ1v) is 11.3. The maximum atomic E-state index is 11.4. The van der Waals surface area contributed by atoms with E-state index in [-0.39, 0.29) is 5.91 Å². The standard InChI is InChI=1S/C22H26N4O3S/c1-14(27)24-21-10-17-18(12-26(2)20(17)11-23-21)19-8-16(9-22(25-19)30-3)29-13-15-4-6-28-7-5-15/h8-12,15H,4-7,13H2,1-3H3,(H,23,24,27). The van der Waals surface area contributed by atoms with E-state index < -0.39 is 0 Å². The Hall–Kier alpha value is -2.58. The van der Waals surface area contributed by atoms with Crippen LogP contribution in [0.25, 0.3) is 22.2 Å². The van der Waals surface area contributed by atoms with Gasteiger partial charge in [0.25, 0.3) is 0 Å². The van der Waals surface area contributed by atoms with E-state index >= 15 is 0 Å². The van der Waals surface area contributed by atoms with Gasteiger partial charge in [0.15, 0.2) is 0 Å². The summed E-state index contributed by atoms with van der Waals surface area (Å²) in [6.45, 7) is 3.79. The summed E-state index contributed by atoms with van der Waals surface area (Å²) >= 11 is 1.59. The largest absolute Gasteiger partial charge is 0.493 e. The molecule has 0 bridgehead atoms. The van der Waals surface area contributed by atoms with Crippen molar-refractivity contribution in [3.05, 3.63) is 30.6 Å². The number of aromatic nitrogens is 3. The number of thioether (sulfide) groups is 1. The van der Waals surface area contributed by atoms with Gasteiger partial charge in [0, 0.05) is 56.5 Å². The van der Waals surface area contributed by atoms with Gasteiger partial charge in [-0.25, -0.2) is 9.97 Å². The zero-order valence-corrected chi connectivity index (χ0v) is 18.3. The third kappa shape index (κ3) is 4.60. The number of rotatable bonds is 6. The summed E-state index contributed by atoms with van der Waals surface area (Å²) in [6, 6.07) is 5.87. The van der Waals surface area contributed by atoms with Crippen molar-refractivity contribution in [2.75, 3.05) is 31.4 Å². The average molecular weight is 427 g/mol. The summed E-state index contributed by atoms with van der Waals surface area (Å²) in [5.74, 6) is 1.73. The van der Waals surface area contributed by atoms with Crippen molar-refractivity contribution < 1.29 is 14.3 Å². The van der Waals surface area contributed by atoms with E-state index in [1.165, 1.54) is 6.92 Å². The number of carbonyl (C=O) groups excluding carboxylic acids is 1. The van der Waals surface area contributed by atoms with Crippen molar-refractivity contribution in [3.63, 3.8) is 0 Å². The minimum atomic E-state index is -0.148. The van der Waals surface area contributed by atoms with Crippen LogP contribution >= 0.6 is 11.8 Å². The third-order valence-corrected chi connectivity index (χ3v) is 5.89. The fourth-order valence-electron chi connectivity index (χ4n) is 3.66. The number of nitrogens with zero attached hydrogens (tertiary/aromatic N) is 3. The molecular weight excluding hydrogens is 400 g/mol. The first-order valence-electron chi connectivity index (χ1n) is 10.0. The molecule has 8 heteroatoms. The summed E-state index contributed by atoms with van der Waals surface area (Å²) < 4.78 is 13.6. The van der Waals surface area contributed by atoms with Crippen LogP contribution in [0, 0.1) is 5.92 Å².